The van der Waals surface area contributed by atoms with E-state index in [1.54, 1.807) is 18.7 Å². The normalized spacial score (nSPS) is 16.3. The zero-order valence-corrected chi connectivity index (χ0v) is 17.0. The predicted octanol–water partition coefficient (Wildman–Crippen LogP) is 3.18. The number of thiazole rings is 1. The molecule has 148 valence electrons. The number of rotatable bonds is 6. The van der Waals surface area contributed by atoms with Crippen molar-refractivity contribution in [1.29, 1.82) is 0 Å². The molecule has 28 heavy (non-hydrogen) atoms. The van der Waals surface area contributed by atoms with Gasteiger partial charge in [-0.15, -0.1) is 0 Å². The number of ether oxygens (including phenoxy) is 1. The molecule has 0 aliphatic carbocycles. The van der Waals surface area contributed by atoms with E-state index in [-0.39, 0.29) is 24.8 Å². The topological polar surface area (TPSA) is 88.6 Å². The molecule has 2 amide bonds. The fourth-order valence-corrected chi connectivity index (χ4v) is 3.95. The number of hydrogen-bond donors (Lipinski definition) is 1. The summed E-state index contributed by atoms with van der Waals surface area (Å²) in [5, 5.41) is 3.07. The van der Waals surface area contributed by atoms with Gasteiger partial charge in [-0.05, 0) is 38.0 Å². The van der Waals surface area contributed by atoms with Crippen molar-refractivity contribution in [3.8, 4) is 0 Å². The highest BCUT2D eigenvalue weighted by Crippen LogP contribution is 2.28. The highest BCUT2D eigenvalue weighted by Gasteiger charge is 2.35. The molecule has 1 atom stereocenters. The number of esters is 1. The lowest BCUT2D eigenvalue weighted by molar-refractivity contribution is -0.122. The van der Waals surface area contributed by atoms with Crippen LogP contribution in [-0.2, 0) is 20.7 Å². The van der Waals surface area contributed by atoms with Gasteiger partial charge in [0.25, 0.3) is 0 Å². The first-order valence-corrected chi connectivity index (χ1v) is 10.1. The van der Waals surface area contributed by atoms with E-state index >= 15 is 0 Å². The molecule has 1 aliphatic rings. The Morgan fingerprint density at radius 2 is 2.00 bits per heavy atom. The lowest BCUT2D eigenvalue weighted by Crippen LogP contribution is -2.28. The van der Waals surface area contributed by atoms with Gasteiger partial charge in [0, 0.05) is 18.7 Å². The summed E-state index contributed by atoms with van der Waals surface area (Å²) >= 11 is 1.08. The summed E-state index contributed by atoms with van der Waals surface area (Å²) in [6, 6.07) is 7.80. The van der Waals surface area contributed by atoms with E-state index < -0.39 is 11.9 Å². The van der Waals surface area contributed by atoms with Crippen LogP contribution in [-0.4, -0.2) is 35.9 Å². The van der Waals surface area contributed by atoms with Crippen LogP contribution in [0.25, 0.3) is 0 Å². The zero-order chi connectivity index (χ0) is 20.3. The number of hydrogen-bond acceptors (Lipinski definition) is 6. The van der Waals surface area contributed by atoms with Gasteiger partial charge in [0.15, 0.2) is 5.13 Å². The summed E-state index contributed by atoms with van der Waals surface area (Å²) in [7, 11) is 0. The molecular weight excluding hydrogens is 378 g/mol. The van der Waals surface area contributed by atoms with Crippen LogP contribution < -0.4 is 10.2 Å². The minimum absolute atomic E-state index is 0.0769. The second-order valence-corrected chi connectivity index (χ2v) is 7.57. The maximum Gasteiger partial charge on any atom is 0.350 e. The number of anilines is 2. The van der Waals surface area contributed by atoms with Gasteiger partial charge in [0.2, 0.25) is 11.8 Å². The first kappa shape index (κ1) is 20.0. The Bertz CT molecular complexity index is 891. The van der Waals surface area contributed by atoms with E-state index in [0.717, 1.165) is 23.4 Å². The van der Waals surface area contributed by atoms with Crippen LogP contribution in [0.15, 0.2) is 24.3 Å². The van der Waals surface area contributed by atoms with E-state index in [9.17, 15) is 14.4 Å². The van der Waals surface area contributed by atoms with Crippen molar-refractivity contribution in [2.24, 2.45) is 5.92 Å². The summed E-state index contributed by atoms with van der Waals surface area (Å²) < 4.78 is 4.99. The van der Waals surface area contributed by atoms with E-state index in [0.29, 0.717) is 22.2 Å². The molecule has 8 heteroatoms. The fraction of sp³-hybridized carbons (Fsp3) is 0.400. The molecule has 0 radical (unpaired) electrons. The third kappa shape index (κ3) is 4.22. The summed E-state index contributed by atoms with van der Waals surface area (Å²) in [6.45, 7) is 6.10. The molecule has 7 nitrogen and oxygen atoms in total. The summed E-state index contributed by atoms with van der Waals surface area (Å²) in [5.41, 5.74) is 2.51. The molecule has 1 unspecified atom stereocenters. The van der Waals surface area contributed by atoms with Crippen molar-refractivity contribution >= 4 is 39.9 Å². The molecule has 0 spiro atoms. The lowest BCUT2D eigenvalue weighted by atomic mass is 10.1. The van der Waals surface area contributed by atoms with Crippen LogP contribution in [0.3, 0.4) is 0 Å². The minimum Gasteiger partial charge on any atom is -0.462 e. The van der Waals surface area contributed by atoms with Crippen molar-refractivity contribution in [2.45, 2.75) is 33.6 Å². The van der Waals surface area contributed by atoms with E-state index in [1.807, 2.05) is 24.3 Å². The van der Waals surface area contributed by atoms with Crippen molar-refractivity contribution in [3.05, 3.63) is 40.4 Å². The second-order valence-electron chi connectivity index (χ2n) is 6.57. The molecule has 3 rings (SSSR count). The van der Waals surface area contributed by atoms with Gasteiger partial charge >= 0.3 is 5.97 Å². The molecule has 1 fully saturated rings. The number of nitrogens with one attached hydrogen (secondary N) is 1. The fourth-order valence-electron chi connectivity index (χ4n) is 3.09. The largest absolute Gasteiger partial charge is 0.462 e. The SMILES string of the molecule is CCOC(=O)c1sc(NC(=O)C2CC(=O)N(c3ccc(CC)cc3)C2)nc1C. The molecule has 1 saturated heterocycles. The molecule has 0 saturated carbocycles. The molecular formula is C20H23N3O4S. The number of benzene rings is 1. The van der Waals surface area contributed by atoms with Crippen LogP contribution in [0.5, 0.6) is 0 Å². The number of amides is 2. The number of carbonyl (C=O) groups is 3. The van der Waals surface area contributed by atoms with Gasteiger partial charge in [-0.3, -0.25) is 9.59 Å². The van der Waals surface area contributed by atoms with Crippen LogP contribution in [0.1, 0.15) is 41.2 Å². The van der Waals surface area contributed by atoms with Crippen LogP contribution in [0.2, 0.25) is 0 Å². The third-order valence-electron chi connectivity index (χ3n) is 4.64. The van der Waals surface area contributed by atoms with Crippen LogP contribution >= 0.6 is 11.3 Å². The first-order valence-electron chi connectivity index (χ1n) is 9.27. The Labute approximate surface area is 167 Å². The molecule has 1 aromatic heterocycles. The van der Waals surface area contributed by atoms with E-state index in [4.69, 9.17) is 4.74 Å². The quantitative estimate of drug-likeness (QED) is 0.751. The van der Waals surface area contributed by atoms with Crippen molar-refractivity contribution in [2.75, 3.05) is 23.4 Å². The smallest absolute Gasteiger partial charge is 0.350 e. The second kappa shape index (κ2) is 8.52. The summed E-state index contributed by atoms with van der Waals surface area (Å²) in [6.07, 6.45) is 1.08. The zero-order valence-electron chi connectivity index (χ0n) is 16.2. The highest BCUT2D eigenvalue weighted by atomic mass is 32.1. The number of carbonyl (C=O) groups excluding carboxylic acids is 3. The number of aryl methyl sites for hydroxylation is 2. The molecule has 1 aromatic carbocycles. The standard InChI is InChI=1S/C20H23N3O4S/c1-4-13-6-8-15(9-7-13)23-11-14(10-16(23)24)18(25)22-20-21-12(3)17(28-20)19(26)27-5-2/h6-9,14H,4-5,10-11H2,1-3H3,(H,21,22,25). The first-order chi connectivity index (χ1) is 13.4. The predicted molar refractivity (Wildman–Crippen MR) is 108 cm³/mol. The average Bonchev–Trinajstić information content (AvgIpc) is 3.24. The molecule has 1 aliphatic heterocycles. The van der Waals surface area contributed by atoms with Crippen LogP contribution in [0.4, 0.5) is 10.8 Å². The Morgan fingerprint density at radius 3 is 2.64 bits per heavy atom. The Kier molecular flexibility index (Phi) is 6.08. The monoisotopic (exact) mass is 401 g/mol. The van der Waals surface area contributed by atoms with Crippen molar-refractivity contribution < 1.29 is 19.1 Å². The van der Waals surface area contributed by atoms with Gasteiger partial charge in [-0.25, -0.2) is 9.78 Å². The van der Waals surface area contributed by atoms with Gasteiger partial charge in [0.1, 0.15) is 4.88 Å². The number of nitrogens with zero attached hydrogens (tertiary/aromatic N) is 2. The van der Waals surface area contributed by atoms with Gasteiger partial charge in [0.05, 0.1) is 18.2 Å². The minimum atomic E-state index is -0.464. The third-order valence-corrected chi connectivity index (χ3v) is 5.69. The van der Waals surface area contributed by atoms with Crippen molar-refractivity contribution in [3.63, 3.8) is 0 Å². The highest BCUT2D eigenvalue weighted by molar-refractivity contribution is 7.17. The average molecular weight is 401 g/mol. The Morgan fingerprint density at radius 1 is 1.29 bits per heavy atom. The molecule has 2 aromatic rings. The molecule has 0 bridgehead atoms. The lowest BCUT2D eigenvalue weighted by Gasteiger charge is -2.17. The van der Waals surface area contributed by atoms with Gasteiger partial charge in [-0.1, -0.05) is 30.4 Å². The van der Waals surface area contributed by atoms with Crippen molar-refractivity contribution in [1.82, 2.24) is 4.98 Å². The van der Waals surface area contributed by atoms with Crippen LogP contribution in [0, 0.1) is 12.8 Å². The Balaban J connectivity index is 1.66. The maximum absolute atomic E-state index is 12.6. The van der Waals surface area contributed by atoms with Gasteiger partial charge < -0.3 is 15.0 Å². The Hall–Kier alpha value is -2.74. The van der Waals surface area contributed by atoms with E-state index in [1.165, 1.54) is 5.56 Å². The summed E-state index contributed by atoms with van der Waals surface area (Å²) in [4.78, 5) is 43.1. The van der Waals surface area contributed by atoms with Gasteiger partial charge in [-0.2, -0.15) is 0 Å². The van der Waals surface area contributed by atoms with E-state index in [2.05, 4.69) is 17.2 Å². The number of aromatic nitrogens is 1. The summed E-state index contributed by atoms with van der Waals surface area (Å²) in [5.74, 6) is -1.26. The maximum atomic E-state index is 12.6. The molecule has 2 heterocycles. The molecule has 1 N–H and O–H groups in total.